The zero-order valence-electron chi connectivity index (χ0n) is 15.9. The summed E-state index contributed by atoms with van der Waals surface area (Å²) < 4.78 is 7.30. The fourth-order valence-corrected chi connectivity index (χ4v) is 3.49. The molecule has 0 spiro atoms. The molecular formula is C21H31NO3. The summed E-state index contributed by atoms with van der Waals surface area (Å²) in [5.74, 6) is -0.854. The standard InChI is InChI=1S/C21H31NO3/c1-5-8-18(9-6-2)22-13-12-17-14-16(10-11-19(17)22)15(4)20(23)21(24)25-7-3/h10-15,18,20,23H,5-9H2,1-4H3. The van der Waals surface area contributed by atoms with Crippen LogP contribution in [-0.4, -0.2) is 28.4 Å². The maximum absolute atomic E-state index is 11.8. The van der Waals surface area contributed by atoms with Gasteiger partial charge in [-0.15, -0.1) is 0 Å². The van der Waals surface area contributed by atoms with Crippen molar-refractivity contribution in [2.45, 2.75) is 71.4 Å². The van der Waals surface area contributed by atoms with E-state index in [2.05, 4.69) is 42.8 Å². The second-order valence-corrected chi connectivity index (χ2v) is 6.76. The van der Waals surface area contributed by atoms with E-state index in [-0.39, 0.29) is 12.5 Å². The van der Waals surface area contributed by atoms with E-state index in [9.17, 15) is 9.90 Å². The number of carbonyl (C=O) groups excluding carboxylic acids is 1. The van der Waals surface area contributed by atoms with Crippen molar-refractivity contribution in [3.8, 4) is 0 Å². The van der Waals surface area contributed by atoms with Crippen molar-refractivity contribution in [1.82, 2.24) is 4.57 Å². The molecule has 0 aliphatic carbocycles. The number of benzene rings is 1. The summed E-state index contributed by atoms with van der Waals surface area (Å²) in [6.45, 7) is 8.33. The summed E-state index contributed by atoms with van der Waals surface area (Å²) >= 11 is 0. The van der Waals surface area contributed by atoms with E-state index in [1.165, 1.54) is 31.2 Å². The summed E-state index contributed by atoms with van der Waals surface area (Å²) in [6, 6.07) is 8.85. The first kappa shape index (κ1) is 19.5. The zero-order valence-corrected chi connectivity index (χ0v) is 15.9. The molecule has 0 aliphatic rings. The van der Waals surface area contributed by atoms with Gasteiger partial charge in [0.1, 0.15) is 0 Å². The number of esters is 1. The van der Waals surface area contributed by atoms with E-state index >= 15 is 0 Å². The predicted molar refractivity (Wildman–Crippen MR) is 102 cm³/mol. The second kappa shape index (κ2) is 9.04. The lowest BCUT2D eigenvalue weighted by atomic mass is 9.94. The molecule has 2 aromatic rings. The SMILES string of the molecule is CCCC(CCC)n1ccc2cc(C(C)C(O)C(=O)OCC)ccc21. The number of hydrogen-bond donors (Lipinski definition) is 1. The summed E-state index contributed by atoms with van der Waals surface area (Å²) in [5.41, 5.74) is 2.17. The Hall–Kier alpha value is -1.81. The minimum Gasteiger partial charge on any atom is -0.464 e. The quantitative estimate of drug-likeness (QED) is 0.664. The van der Waals surface area contributed by atoms with E-state index in [1.54, 1.807) is 6.92 Å². The number of aromatic nitrogens is 1. The van der Waals surface area contributed by atoms with Crippen LogP contribution in [0, 0.1) is 0 Å². The Balaban J connectivity index is 2.27. The normalized spacial score (nSPS) is 14.0. The highest BCUT2D eigenvalue weighted by Gasteiger charge is 2.25. The highest BCUT2D eigenvalue weighted by atomic mass is 16.5. The molecule has 2 atom stereocenters. The average molecular weight is 345 g/mol. The Kier molecular flexibility index (Phi) is 7.06. The third-order valence-electron chi connectivity index (χ3n) is 4.91. The van der Waals surface area contributed by atoms with Crippen molar-refractivity contribution in [2.75, 3.05) is 6.61 Å². The molecule has 25 heavy (non-hydrogen) atoms. The van der Waals surface area contributed by atoms with Gasteiger partial charge >= 0.3 is 5.97 Å². The van der Waals surface area contributed by atoms with Gasteiger partial charge in [0.2, 0.25) is 0 Å². The van der Waals surface area contributed by atoms with E-state index in [1.807, 2.05) is 13.0 Å². The van der Waals surface area contributed by atoms with Gasteiger partial charge in [-0.05, 0) is 48.9 Å². The van der Waals surface area contributed by atoms with Crippen molar-refractivity contribution < 1.29 is 14.6 Å². The van der Waals surface area contributed by atoms with Crippen LogP contribution in [0.1, 0.15) is 70.9 Å². The van der Waals surface area contributed by atoms with E-state index in [4.69, 9.17) is 4.74 Å². The molecule has 0 saturated heterocycles. The molecule has 1 heterocycles. The number of fused-ring (bicyclic) bond motifs is 1. The monoisotopic (exact) mass is 345 g/mol. The summed E-state index contributed by atoms with van der Waals surface area (Å²) in [6.07, 6.45) is 5.73. The van der Waals surface area contributed by atoms with Gasteiger partial charge in [0, 0.05) is 23.7 Å². The molecule has 4 heteroatoms. The predicted octanol–water partition coefficient (Wildman–Crippen LogP) is 4.81. The topological polar surface area (TPSA) is 51.5 Å². The van der Waals surface area contributed by atoms with Gasteiger partial charge in [-0.2, -0.15) is 0 Å². The van der Waals surface area contributed by atoms with Crippen LogP contribution in [0.2, 0.25) is 0 Å². The third kappa shape index (κ3) is 4.43. The molecule has 138 valence electrons. The van der Waals surface area contributed by atoms with Crippen molar-refractivity contribution in [1.29, 1.82) is 0 Å². The Morgan fingerprint density at radius 1 is 1.16 bits per heavy atom. The summed E-state index contributed by atoms with van der Waals surface area (Å²) in [7, 11) is 0. The van der Waals surface area contributed by atoms with Crippen molar-refractivity contribution >= 4 is 16.9 Å². The van der Waals surface area contributed by atoms with Crippen LogP contribution in [-0.2, 0) is 9.53 Å². The first-order valence-electron chi connectivity index (χ1n) is 9.48. The highest BCUT2D eigenvalue weighted by Crippen LogP contribution is 2.29. The lowest BCUT2D eigenvalue weighted by molar-refractivity contribution is -0.154. The average Bonchev–Trinajstić information content (AvgIpc) is 3.03. The van der Waals surface area contributed by atoms with Crippen LogP contribution in [0.5, 0.6) is 0 Å². The molecule has 1 N–H and O–H groups in total. The smallest absolute Gasteiger partial charge is 0.335 e. The van der Waals surface area contributed by atoms with Crippen LogP contribution >= 0.6 is 0 Å². The Morgan fingerprint density at radius 3 is 2.44 bits per heavy atom. The molecule has 1 aromatic heterocycles. The van der Waals surface area contributed by atoms with Crippen LogP contribution in [0.4, 0.5) is 0 Å². The fourth-order valence-electron chi connectivity index (χ4n) is 3.49. The van der Waals surface area contributed by atoms with Crippen molar-refractivity contribution in [3.63, 3.8) is 0 Å². The van der Waals surface area contributed by atoms with Crippen LogP contribution in [0.25, 0.3) is 10.9 Å². The minimum absolute atomic E-state index is 0.279. The molecule has 2 rings (SSSR count). The van der Waals surface area contributed by atoms with Gasteiger partial charge in [-0.3, -0.25) is 0 Å². The van der Waals surface area contributed by atoms with Gasteiger partial charge in [-0.25, -0.2) is 4.79 Å². The fraction of sp³-hybridized carbons (Fsp3) is 0.571. The lowest BCUT2D eigenvalue weighted by Crippen LogP contribution is -2.28. The number of carbonyl (C=O) groups is 1. The molecule has 0 aliphatic heterocycles. The Labute approximate surface area is 150 Å². The van der Waals surface area contributed by atoms with Crippen LogP contribution in [0.15, 0.2) is 30.5 Å². The van der Waals surface area contributed by atoms with Crippen molar-refractivity contribution in [2.24, 2.45) is 0 Å². The van der Waals surface area contributed by atoms with Gasteiger partial charge in [0.05, 0.1) is 6.61 Å². The molecule has 2 unspecified atom stereocenters. The van der Waals surface area contributed by atoms with Crippen LogP contribution < -0.4 is 0 Å². The number of rotatable bonds is 9. The number of aliphatic hydroxyl groups excluding tert-OH is 1. The number of aliphatic hydroxyl groups is 1. The van der Waals surface area contributed by atoms with Gasteiger partial charge in [0.25, 0.3) is 0 Å². The van der Waals surface area contributed by atoms with Crippen LogP contribution in [0.3, 0.4) is 0 Å². The maximum atomic E-state index is 11.8. The lowest BCUT2D eigenvalue weighted by Gasteiger charge is -2.20. The highest BCUT2D eigenvalue weighted by molar-refractivity contribution is 5.82. The first-order valence-corrected chi connectivity index (χ1v) is 9.48. The number of ether oxygens (including phenoxy) is 1. The third-order valence-corrected chi connectivity index (χ3v) is 4.91. The van der Waals surface area contributed by atoms with Gasteiger partial charge in [-0.1, -0.05) is 39.7 Å². The number of hydrogen-bond acceptors (Lipinski definition) is 3. The molecule has 0 fully saturated rings. The van der Waals surface area contributed by atoms with E-state index in [0.29, 0.717) is 6.04 Å². The van der Waals surface area contributed by atoms with E-state index < -0.39 is 12.1 Å². The zero-order chi connectivity index (χ0) is 18.4. The molecule has 0 bridgehead atoms. The largest absolute Gasteiger partial charge is 0.464 e. The maximum Gasteiger partial charge on any atom is 0.335 e. The van der Waals surface area contributed by atoms with Gasteiger partial charge in [0.15, 0.2) is 6.10 Å². The summed E-state index contributed by atoms with van der Waals surface area (Å²) in [4.78, 5) is 11.8. The van der Waals surface area contributed by atoms with Gasteiger partial charge < -0.3 is 14.4 Å². The van der Waals surface area contributed by atoms with E-state index in [0.717, 1.165) is 10.9 Å². The molecule has 0 amide bonds. The van der Waals surface area contributed by atoms with Crippen molar-refractivity contribution in [3.05, 3.63) is 36.0 Å². The summed E-state index contributed by atoms with van der Waals surface area (Å²) in [5, 5.41) is 11.3. The molecule has 1 aromatic carbocycles. The number of nitrogens with zero attached hydrogens (tertiary/aromatic N) is 1. The Bertz CT molecular complexity index is 686. The molecule has 4 nitrogen and oxygen atoms in total. The Morgan fingerprint density at radius 2 is 1.84 bits per heavy atom. The molecular weight excluding hydrogens is 314 g/mol. The second-order valence-electron chi connectivity index (χ2n) is 6.76. The molecule has 0 saturated carbocycles. The minimum atomic E-state index is -1.13. The first-order chi connectivity index (χ1) is 12.0. The molecule has 0 radical (unpaired) electrons.